The lowest BCUT2D eigenvalue weighted by atomic mass is 10.1. The molecule has 0 aliphatic rings. The van der Waals surface area contributed by atoms with Gasteiger partial charge in [-0.1, -0.05) is 29.8 Å². The summed E-state index contributed by atoms with van der Waals surface area (Å²) in [5.41, 5.74) is 1.19. The van der Waals surface area contributed by atoms with Crippen molar-refractivity contribution in [2.45, 2.75) is 17.9 Å². The summed E-state index contributed by atoms with van der Waals surface area (Å²) in [5.74, 6) is -0.753. The van der Waals surface area contributed by atoms with Crippen molar-refractivity contribution >= 4 is 30.1 Å². The first-order chi connectivity index (χ1) is 9.49. The minimum Gasteiger partial charge on any atom is -0.345 e. The highest BCUT2D eigenvalue weighted by Gasteiger charge is 2.14. The van der Waals surface area contributed by atoms with Crippen molar-refractivity contribution in [3.05, 3.63) is 64.4 Å². The quantitative estimate of drug-likeness (QED) is 0.815. The Morgan fingerprint density at radius 3 is 2.65 bits per heavy atom. The van der Waals surface area contributed by atoms with Crippen molar-refractivity contribution in [3.8, 4) is 0 Å². The second-order valence-corrected chi connectivity index (χ2v) is 5.27. The lowest BCUT2D eigenvalue weighted by molar-refractivity contribution is 0.0939. The third-order valence-electron chi connectivity index (χ3n) is 2.93. The van der Waals surface area contributed by atoms with Crippen molar-refractivity contribution in [2.24, 2.45) is 0 Å². The van der Waals surface area contributed by atoms with E-state index in [2.05, 4.69) is 17.9 Å². The number of amides is 1. The van der Waals surface area contributed by atoms with E-state index in [0.29, 0.717) is 10.6 Å². The molecule has 2 aromatic carbocycles. The maximum absolute atomic E-state index is 13.1. The van der Waals surface area contributed by atoms with Crippen molar-refractivity contribution < 1.29 is 9.18 Å². The van der Waals surface area contributed by atoms with Crippen LogP contribution in [0, 0.1) is 5.82 Å². The van der Waals surface area contributed by atoms with E-state index < -0.39 is 5.82 Å². The molecule has 20 heavy (non-hydrogen) atoms. The molecule has 2 rings (SSSR count). The van der Waals surface area contributed by atoms with Gasteiger partial charge in [-0.25, -0.2) is 4.39 Å². The van der Waals surface area contributed by atoms with Crippen LogP contribution >= 0.6 is 24.2 Å². The maximum Gasteiger partial charge on any atom is 0.251 e. The number of rotatable bonds is 3. The minimum absolute atomic E-state index is 0.142. The van der Waals surface area contributed by atoms with Gasteiger partial charge in [0.1, 0.15) is 5.82 Å². The fourth-order valence-electron chi connectivity index (χ4n) is 1.84. The highest BCUT2D eigenvalue weighted by atomic mass is 35.5. The monoisotopic (exact) mass is 309 g/mol. The van der Waals surface area contributed by atoms with Crippen molar-refractivity contribution in [3.63, 3.8) is 0 Å². The molecule has 1 unspecified atom stereocenters. The standard InChI is InChI=1S/C15H13ClFNOS/c1-9(11-4-2-3-5-12(11)16)18-15(19)10-6-7-13(17)14(20)8-10/h2-9,20H,1H3,(H,18,19). The Hall–Kier alpha value is -1.52. The molecule has 5 heteroatoms. The molecular weight excluding hydrogens is 297 g/mol. The molecule has 2 aromatic rings. The van der Waals surface area contributed by atoms with Gasteiger partial charge in [0, 0.05) is 15.5 Å². The van der Waals surface area contributed by atoms with E-state index in [1.807, 2.05) is 25.1 Å². The molecule has 0 aromatic heterocycles. The van der Waals surface area contributed by atoms with Crippen LogP contribution < -0.4 is 5.32 Å². The zero-order chi connectivity index (χ0) is 14.7. The minimum atomic E-state index is -0.455. The van der Waals surface area contributed by atoms with Gasteiger partial charge < -0.3 is 5.32 Å². The molecule has 1 amide bonds. The van der Waals surface area contributed by atoms with Crippen LogP contribution in [-0.4, -0.2) is 5.91 Å². The van der Waals surface area contributed by atoms with Crippen molar-refractivity contribution in [1.29, 1.82) is 0 Å². The Kier molecular flexibility index (Phi) is 4.68. The van der Waals surface area contributed by atoms with Crippen LogP contribution in [0.2, 0.25) is 5.02 Å². The Morgan fingerprint density at radius 2 is 2.00 bits per heavy atom. The van der Waals surface area contributed by atoms with Gasteiger partial charge in [-0.05, 0) is 36.8 Å². The number of carbonyl (C=O) groups excluding carboxylic acids is 1. The fraction of sp³-hybridized carbons (Fsp3) is 0.133. The van der Waals surface area contributed by atoms with Crippen molar-refractivity contribution in [1.82, 2.24) is 5.32 Å². The van der Waals surface area contributed by atoms with Crippen LogP contribution in [0.3, 0.4) is 0 Å². The topological polar surface area (TPSA) is 29.1 Å². The molecular formula is C15H13ClFNOS. The lowest BCUT2D eigenvalue weighted by Gasteiger charge is -2.16. The predicted molar refractivity (Wildman–Crippen MR) is 81.0 cm³/mol. The molecule has 0 aliphatic heterocycles. The molecule has 1 N–H and O–H groups in total. The van der Waals surface area contributed by atoms with Crippen LogP contribution in [0.15, 0.2) is 47.4 Å². The van der Waals surface area contributed by atoms with Crippen LogP contribution in [-0.2, 0) is 0 Å². The lowest BCUT2D eigenvalue weighted by Crippen LogP contribution is -2.26. The van der Waals surface area contributed by atoms with Gasteiger partial charge >= 0.3 is 0 Å². The van der Waals surface area contributed by atoms with Gasteiger partial charge in [0.15, 0.2) is 0 Å². The summed E-state index contributed by atoms with van der Waals surface area (Å²) in [6, 6.07) is 11.1. The highest BCUT2D eigenvalue weighted by molar-refractivity contribution is 7.80. The number of hydrogen-bond donors (Lipinski definition) is 2. The smallest absolute Gasteiger partial charge is 0.251 e. The molecule has 0 fully saturated rings. The van der Waals surface area contributed by atoms with Crippen LogP contribution in [0.4, 0.5) is 4.39 Å². The Bertz CT molecular complexity index is 648. The number of hydrogen-bond acceptors (Lipinski definition) is 2. The first-order valence-electron chi connectivity index (χ1n) is 6.03. The highest BCUT2D eigenvalue weighted by Crippen LogP contribution is 2.22. The molecule has 0 radical (unpaired) electrons. The van der Waals surface area contributed by atoms with E-state index in [9.17, 15) is 9.18 Å². The number of halogens is 2. The SMILES string of the molecule is CC(NC(=O)c1ccc(F)c(S)c1)c1ccccc1Cl. The van der Waals surface area contributed by atoms with Crippen LogP contribution in [0.1, 0.15) is 28.9 Å². The summed E-state index contributed by atoms with van der Waals surface area (Å²) in [6.07, 6.45) is 0. The van der Waals surface area contributed by atoms with E-state index in [0.717, 1.165) is 5.56 Å². The Morgan fingerprint density at radius 1 is 1.30 bits per heavy atom. The van der Waals surface area contributed by atoms with E-state index in [1.165, 1.54) is 18.2 Å². The number of nitrogens with one attached hydrogen (secondary N) is 1. The number of carbonyl (C=O) groups is 1. The van der Waals surface area contributed by atoms with E-state index >= 15 is 0 Å². The largest absolute Gasteiger partial charge is 0.345 e. The van der Waals surface area contributed by atoms with Crippen LogP contribution in [0.5, 0.6) is 0 Å². The normalized spacial score (nSPS) is 12.0. The summed E-state index contributed by atoms with van der Waals surface area (Å²) < 4.78 is 13.1. The molecule has 0 bridgehead atoms. The van der Waals surface area contributed by atoms with E-state index in [4.69, 9.17) is 11.6 Å². The van der Waals surface area contributed by atoms with Crippen molar-refractivity contribution in [2.75, 3.05) is 0 Å². The molecule has 0 spiro atoms. The van der Waals surface area contributed by atoms with Gasteiger partial charge in [0.2, 0.25) is 0 Å². The first-order valence-corrected chi connectivity index (χ1v) is 6.85. The number of thiol groups is 1. The summed E-state index contributed by atoms with van der Waals surface area (Å²) >= 11 is 10.0. The Labute approximate surface area is 127 Å². The molecule has 0 saturated carbocycles. The maximum atomic E-state index is 13.1. The Balaban J connectivity index is 2.15. The predicted octanol–water partition coefficient (Wildman–Crippen LogP) is 4.26. The fourth-order valence-corrected chi connectivity index (χ4v) is 2.35. The van der Waals surface area contributed by atoms with Gasteiger partial charge in [-0.3, -0.25) is 4.79 Å². The first kappa shape index (κ1) is 14.9. The zero-order valence-electron chi connectivity index (χ0n) is 10.7. The summed E-state index contributed by atoms with van der Waals surface area (Å²) in [5, 5.41) is 3.41. The molecule has 104 valence electrons. The third kappa shape index (κ3) is 3.32. The molecule has 0 aliphatic carbocycles. The zero-order valence-corrected chi connectivity index (χ0v) is 12.4. The van der Waals surface area contributed by atoms with Gasteiger partial charge in [0.25, 0.3) is 5.91 Å². The van der Waals surface area contributed by atoms with Gasteiger partial charge in [-0.2, -0.15) is 0 Å². The molecule has 0 heterocycles. The average Bonchev–Trinajstić information content (AvgIpc) is 2.42. The molecule has 1 atom stereocenters. The van der Waals surface area contributed by atoms with E-state index in [1.54, 1.807) is 6.07 Å². The second kappa shape index (κ2) is 6.29. The van der Waals surface area contributed by atoms with E-state index in [-0.39, 0.29) is 16.8 Å². The summed E-state index contributed by atoms with van der Waals surface area (Å²) in [6.45, 7) is 1.84. The molecule has 2 nitrogen and oxygen atoms in total. The van der Waals surface area contributed by atoms with Gasteiger partial charge in [0.05, 0.1) is 6.04 Å². The summed E-state index contributed by atoms with van der Waals surface area (Å²) in [4.78, 5) is 12.2. The molecule has 0 saturated heterocycles. The third-order valence-corrected chi connectivity index (χ3v) is 3.61. The second-order valence-electron chi connectivity index (χ2n) is 4.38. The van der Waals surface area contributed by atoms with Crippen LogP contribution in [0.25, 0.3) is 0 Å². The van der Waals surface area contributed by atoms with Gasteiger partial charge in [-0.15, -0.1) is 12.6 Å². The average molecular weight is 310 g/mol. The number of benzene rings is 2. The summed E-state index contributed by atoms with van der Waals surface area (Å²) in [7, 11) is 0.